The molecule has 138 valence electrons. The average molecular weight is 373 g/mol. The van der Waals surface area contributed by atoms with Gasteiger partial charge in [0.05, 0.1) is 23.2 Å². The summed E-state index contributed by atoms with van der Waals surface area (Å²) in [4.78, 5) is 17.5. The first-order valence-electron chi connectivity index (χ1n) is 9.38. The molecule has 0 saturated carbocycles. The number of hydrogen-bond acceptors (Lipinski definition) is 3. The van der Waals surface area contributed by atoms with E-state index in [4.69, 9.17) is 11.6 Å². The van der Waals surface area contributed by atoms with Crippen molar-refractivity contribution < 1.29 is 4.79 Å². The number of halogens is 1. The Morgan fingerprint density at radius 3 is 2.65 bits per heavy atom. The highest BCUT2D eigenvalue weighted by atomic mass is 35.5. The number of nitrogens with zero attached hydrogens (tertiary/aromatic N) is 4. The van der Waals surface area contributed by atoms with Crippen LogP contribution in [-0.2, 0) is 17.8 Å². The highest BCUT2D eigenvalue weighted by molar-refractivity contribution is 6.30. The van der Waals surface area contributed by atoms with Crippen LogP contribution in [0.15, 0.2) is 42.7 Å². The molecule has 6 heteroatoms. The van der Waals surface area contributed by atoms with Gasteiger partial charge in [-0.3, -0.25) is 9.48 Å². The molecule has 5 nitrogen and oxygen atoms in total. The van der Waals surface area contributed by atoms with E-state index in [1.165, 1.54) is 5.56 Å². The first-order valence-corrected chi connectivity index (χ1v) is 9.76. The molecule has 0 radical (unpaired) electrons. The average Bonchev–Trinajstić information content (AvgIpc) is 3.34. The first kappa shape index (κ1) is 17.6. The van der Waals surface area contributed by atoms with Gasteiger partial charge < -0.3 is 9.80 Å². The van der Waals surface area contributed by atoms with E-state index in [0.717, 1.165) is 58.5 Å². The van der Waals surface area contributed by atoms with Gasteiger partial charge in [0, 0.05) is 32.4 Å². The summed E-state index contributed by atoms with van der Waals surface area (Å²) in [6.45, 7) is 5.33. The third-order valence-corrected chi connectivity index (χ3v) is 5.99. The van der Waals surface area contributed by atoms with Gasteiger partial charge in [-0.2, -0.15) is 5.10 Å². The summed E-state index contributed by atoms with van der Waals surface area (Å²) in [6.07, 6.45) is 6.42. The smallest absolute Gasteiger partial charge is 0.230 e. The number of hydrogen-bond donors (Lipinski definition) is 0. The summed E-state index contributed by atoms with van der Waals surface area (Å²) >= 11 is 5.92. The van der Waals surface area contributed by atoms with E-state index < -0.39 is 0 Å². The van der Waals surface area contributed by atoms with Crippen LogP contribution in [0.1, 0.15) is 18.4 Å². The third-order valence-electron chi connectivity index (χ3n) is 5.79. The van der Waals surface area contributed by atoms with E-state index in [0.29, 0.717) is 10.9 Å². The van der Waals surface area contributed by atoms with Crippen molar-refractivity contribution in [2.45, 2.75) is 25.8 Å². The lowest BCUT2D eigenvalue weighted by atomic mass is 9.85. The van der Waals surface area contributed by atoms with E-state index in [1.807, 2.05) is 16.9 Å². The van der Waals surface area contributed by atoms with Crippen molar-refractivity contribution in [1.82, 2.24) is 19.6 Å². The molecule has 1 unspecified atom stereocenters. The van der Waals surface area contributed by atoms with Gasteiger partial charge in [-0.25, -0.2) is 0 Å². The van der Waals surface area contributed by atoms with Gasteiger partial charge in [-0.1, -0.05) is 41.9 Å². The van der Waals surface area contributed by atoms with Crippen LogP contribution in [0.5, 0.6) is 0 Å². The minimum atomic E-state index is -0.154. The summed E-state index contributed by atoms with van der Waals surface area (Å²) < 4.78 is 1.87. The van der Waals surface area contributed by atoms with Crippen molar-refractivity contribution >= 4 is 17.5 Å². The quantitative estimate of drug-likeness (QED) is 0.782. The van der Waals surface area contributed by atoms with E-state index in [1.54, 1.807) is 6.20 Å². The summed E-state index contributed by atoms with van der Waals surface area (Å²) in [6, 6.07) is 10.4. The molecule has 0 aliphatic carbocycles. The number of amides is 1. The van der Waals surface area contributed by atoms with Crippen LogP contribution in [0.3, 0.4) is 0 Å². The van der Waals surface area contributed by atoms with Crippen LogP contribution in [0.4, 0.5) is 0 Å². The number of benzene rings is 1. The van der Waals surface area contributed by atoms with Crippen molar-refractivity contribution in [3.63, 3.8) is 0 Å². The maximum atomic E-state index is 13.0. The van der Waals surface area contributed by atoms with E-state index in [-0.39, 0.29) is 5.41 Å². The lowest BCUT2D eigenvalue weighted by molar-refractivity contribution is -0.135. The minimum Gasteiger partial charge on any atom is -0.342 e. The van der Waals surface area contributed by atoms with Crippen LogP contribution >= 0.6 is 11.6 Å². The Kier molecular flexibility index (Phi) is 5.00. The zero-order chi connectivity index (χ0) is 18.0. The second-order valence-corrected chi connectivity index (χ2v) is 7.94. The van der Waals surface area contributed by atoms with Crippen molar-refractivity contribution in [2.24, 2.45) is 5.41 Å². The lowest BCUT2D eigenvalue weighted by Gasteiger charge is -2.24. The highest BCUT2D eigenvalue weighted by Crippen LogP contribution is 2.40. The van der Waals surface area contributed by atoms with Gasteiger partial charge in [-0.15, -0.1) is 0 Å². The molecule has 4 rings (SSSR count). The Balaban J connectivity index is 1.29. The lowest BCUT2D eigenvalue weighted by Crippen LogP contribution is -2.38. The second-order valence-electron chi connectivity index (χ2n) is 7.51. The molecular formula is C20H25ClN4O. The molecule has 3 heterocycles. The predicted molar refractivity (Wildman–Crippen MR) is 102 cm³/mol. The Morgan fingerprint density at radius 2 is 1.88 bits per heavy atom. The maximum Gasteiger partial charge on any atom is 0.230 e. The molecule has 26 heavy (non-hydrogen) atoms. The van der Waals surface area contributed by atoms with E-state index >= 15 is 0 Å². The van der Waals surface area contributed by atoms with Crippen LogP contribution in [0.2, 0.25) is 5.02 Å². The largest absolute Gasteiger partial charge is 0.342 e. The van der Waals surface area contributed by atoms with Gasteiger partial charge in [-0.05, 0) is 31.4 Å². The summed E-state index contributed by atoms with van der Waals surface area (Å²) in [5.74, 6) is 0.359. The number of likely N-dealkylation sites (tertiary alicyclic amines) is 2. The molecular weight excluding hydrogens is 348 g/mol. The first-order chi connectivity index (χ1) is 12.6. The fourth-order valence-corrected chi connectivity index (χ4v) is 4.40. The molecule has 0 bridgehead atoms. The summed E-state index contributed by atoms with van der Waals surface area (Å²) in [5, 5.41) is 4.90. The number of carbonyl (C=O) groups is 1. The second kappa shape index (κ2) is 7.41. The standard InChI is InChI=1S/C20H25ClN4O/c21-18-14-22-25(15-18)13-12-23-10-7-20(16-23)8-11-24(19(20)26)9-6-17-4-2-1-3-5-17/h1-5,14-15H,6-13,16H2. The van der Waals surface area contributed by atoms with Crippen LogP contribution < -0.4 is 0 Å². The molecule has 2 aromatic rings. The van der Waals surface area contributed by atoms with Crippen LogP contribution in [0, 0.1) is 5.41 Å². The van der Waals surface area contributed by atoms with Gasteiger partial charge >= 0.3 is 0 Å². The van der Waals surface area contributed by atoms with Crippen LogP contribution in [-0.4, -0.2) is 58.2 Å². The van der Waals surface area contributed by atoms with Crippen molar-refractivity contribution in [3.05, 3.63) is 53.3 Å². The molecule has 2 fully saturated rings. The summed E-state index contributed by atoms with van der Waals surface area (Å²) in [5.41, 5.74) is 1.14. The molecule has 0 N–H and O–H groups in total. The SMILES string of the molecule is O=C1N(CCc2ccccc2)CCC12CCN(CCn1cc(Cl)cn1)C2. The molecule has 1 spiro atoms. The monoisotopic (exact) mass is 372 g/mol. The summed E-state index contributed by atoms with van der Waals surface area (Å²) in [7, 11) is 0. The van der Waals surface area contributed by atoms with E-state index in [9.17, 15) is 4.79 Å². The van der Waals surface area contributed by atoms with Gasteiger partial charge in [0.2, 0.25) is 5.91 Å². The van der Waals surface area contributed by atoms with Gasteiger partial charge in [0.15, 0.2) is 0 Å². The Labute approximate surface area is 159 Å². The van der Waals surface area contributed by atoms with Gasteiger partial charge in [0.25, 0.3) is 0 Å². The maximum absolute atomic E-state index is 13.0. The molecule has 2 aliphatic heterocycles. The third kappa shape index (κ3) is 3.64. The van der Waals surface area contributed by atoms with Crippen LogP contribution in [0.25, 0.3) is 0 Å². The number of aromatic nitrogens is 2. The molecule has 2 saturated heterocycles. The Bertz CT molecular complexity index is 762. The van der Waals surface area contributed by atoms with E-state index in [2.05, 4.69) is 39.2 Å². The van der Waals surface area contributed by atoms with Crippen molar-refractivity contribution in [1.29, 1.82) is 0 Å². The van der Waals surface area contributed by atoms with Crippen molar-refractivity contribution in [3.8, 4) is 0 Å². The molecule has 1 aromatic carbocycles. The highest BCUT2D eigenvalue weighted by Gasteiger charge is 2.50. The normalized spacial score (nSPS) is 23.4. The zero-order valence-electron chi connectivity index (χ0n) is 15.0. The Hall–Kier alpha value is -1.85. The molecule has 1 amide bonds. The van der Waals surface area contributed by atoms with Crippen molar-refractivity contribution in [2.75, 3.05) is 32.7 Å². The topological polar surface area (TPSA) is 41.4 Å². The Morgan fingerprint density at radius 1 is 1.08 bits per heavy atom. The minimum absolute atomic E-state index is 0.154. The number of carbonyl (C=O) groups excluding carboxylic acids is 1. The predicted octanol–water partition coefficient (Wildman–Crippen LogP) is 2.70. The molecule has 1 atom stereocenters. The molecule has 2 aliphatic rings. The van der Waals surface area contributed by atoms with Gasteiger partial charge in [0.1, 0.15) is 0 Å². The number of rotatable bonds is 6. The zero-order valence-corrected chi connectivity index (χ0v) is 15.7. The fourth-order valence-electron chi connectivity index (χ4n) is 4.25. The fraction of sp³-hybridized carbons (Fsp3) is 0.500. The molecule has 1 aromatic heterocycles.